The topological polar surface area (TPSA) is 37.3 Å². The standard InChI is InChI=1S/C12H9ClO2/c13-7-9-5-1-3-8-4-2-6-10(11(8)9)12(14)15/h1-6H,7H2,(H,14,15). The Morgan fingerprint density at radius 1 is 1.20 bits per heavy atom. The molecule has 3 heteroatoms. The van der Waals surface area contributed by atoms with Crippen LogP contribution in [0.4, 0.5) is 0 Å². The van der Waals surface area contributed by atoms with Crippen molar-refractivity contribution in [1.82, 2.24) is 0 Å². The molecule has 0 fully saturated rings. The van der Waals surface area contributed by atoms with Crippen LogP contribution in [0.15, 0.2) is 36.4 Å². The van der Waals surface area contributed by atoms with Gasteiger partial charge in [0.05, 0.1) is 5.56 Å². The van der Waals surface area contributed by atoms with Gasteiger partial charge in [0, 0.05) is 11.3 Å². The van der Waals surface area contributed by atoms with Crippen LogP contribution in [0.1, 0.15) is 15.9 Å². The second kappa shape index (κ2) is 3.91. The summed E-state index contributed by atoms with van der Waals surface area (Å²) in [4.78, 5) is 11.0. The van der Waals surface area contributed by atoms with Gasteiger partial charge in [-0.1, -0.05) is 30.3 Å². The number of alkyl halides is 1. The van der Waals surface area contributed by atoms with E-state index in [-0.39, 0.29) is 0 Å². The van der Waals surface area contributed by atoms with Crippen molar-refractivity contribution < 1.29 is 9.90 Å². The molecule has 0 saturated carbocycles. The molecule has 0 saturated heterocycles. The van der Waals surface area contributed by atoms with Gasteiger partial charge in [-0.05, 0) is 17.0 Å². The summed E-state index contributed by atoms with van der Waals surface area (Å²) in [7, 11) is 0. The van der Waals surface area contributed by atoms with Crippen LogP contribution >= 0.6 is 11.6 Å². The number of rotatable bonds is 2. The Kier molecular flexibility index (Phi) is 2.60. The van der Waals surface area contributed by atoms with Crippen LogP contribution in [0.25, 0.3) is 10.8 Å². The maximum atomic E-state index is 11.0. The van der Waals surface area contributed by atoms with E-state index in [4.69, 9.17) is 16.7 Å². The highest BCUT2D eigenvalue weighted by Crippen LogP contribution is 2.24. The third-order valence-electron chi connectivity index (χ3n) is 2.37. The average Bonchev–Trinajstić information content (AvgIpc) is 2.27. The van der Waals surface area contributed by atoms with Gasteiger partial charge in [0.15, 0.2) is 0 Å². The van der Waals surface area contributed by atoms with E-state index in [1.54, 1.807) is 12.1 Å². The predicted octanol–water partition coefficient (Wildman–Crippen LogP) is 3.28. The molecule has 76 valence electrons. The first-order valence-corrected chi connectivity index (χ1v) is 5.07. The van der Waals surface area contributed by atoms with E-state index >= 15 is 0 Å². The lowest BCUT2D eigenvalue weighted by Gasteiger charge is -2.06. The first kappa shape index (κ1) is 9.99. The van der Waals surface area contributed by atoms with Crippen molar-refractivity contribution >= 4 is 28.3 Å². The molecule has 0 atom stereocenters. The van der Waals surface area contributed by atoms with Crippen molar-refractivity contribution in [3.05, 3.63) is 47.5 Å². The summed E-state index contributed by atoms with van der Waals surface area (Å²) in [6, 6.07) is 10.8. The largest absolute Gasteiger partial charge is 0.478 e. The van der Waals surface area contributed by atoms with Gasteiger partial charge in [0.25, 0.3) is 0 Å². The number of benzene rings is 2. The highest BCUT2D eigenvalue weighted by atomic mass is 35.5. The monoisotopic (exact) mass is 220 g/mol. The molecule has 0 aliphatic heterocycles. The Balaban J connectivity index is 2.87. The third kappa shape index (κ3) is 1.68. The van der Waals surface area contributed by atoms with Crippen molar-refractivity contribution in [3.8, 4) is 0 Å². The summed E-state index contributed by atoms with van der Waals surface area (Å²) < 4.78 is 0. The maximum Gasteiger partial charge on any atom is 0.336 e. The van der Waals surface area contributed by atoms with Crippen molar-refractivity contribution in [2.24, 2.45) is 0 Å². The number of carboxylic acids is 1. The lowest BCUT2D eigenvalue weighted by atomic mass is 10.0. The quantitative estimate of drug-likeness (QED) is 0.789. The zero-order valence-corrected chi connectivity index (χ0v) is 8.66. The molecule has 0 aliphatic carbocycles. The number of fused-ring (bicyclic) bond motifs is 1. The summed E-state index contributed by atoms with van der Waals surface area (Å²) in [5.41, 5.74) is 1.16. The summed E-state index contributed by atoms with van der Waals surface area (Å²) in [5.74, 6) is -0.597. The lowest BCUT2D eigenvalue weighted by molar-refractivity contribution is 0.0699. The highest BCUT2D eigenvalue weighted by Gasteiger charge is 2.10. The van der Waals surface area contributed by atoms with Gasteiger partial charge >= 0.3 is 5.97 Å². The molecule has 1 N–H and O–H groups in total. The number of halogens is 1. The van der Waals surface area contributed by atoms with E-state index in [0.29, 0.717) is 11.4 Å². The molecular weight excluding hydrogens is 212 g/mol. The molecule has 2 aromatic rings. The van der Waals surface area contributed by atoms with E-state index in [0.717, 1.165) is 16.3 Å². The fraction of sp³-hybridized carbons (Fsp3) is 0.0833. The van der Waals surface area contributed by atoms with Crippen molar-refractivity contribution in [2.75, 3.05) is 0 Å². The minimum absolute atomic E-state index is 0.309. The maximum absolute atomic E-state index is 11.0. The van der Waals surface area contributed by atoms with Crippen LogP contribution < -0.4 is 0 Å². The lowest BCUT2D eigenvalue weighted by Crippen LogP contribution is -1.98. The molecule has 0 bridgehead atoms. The van der Waals surface area contributed by atoms with Gasteiger partial charge in [-0.15, -0.1) is 11.6 Å². The predicted molar refractivity (Wildman–Crippen MR) is 60.5 cm³/mol. The smallest absolute Gasteiger partial charge is 0.336 e. The van der Waals surface area contributed by atoms with E-state index in [9.17, 15) is 4.79 Å². The normalized spacial score (nSPS) is 10.5. The van der Waals surface area contributed by atoms with Crippen LogP contribution in [-0.2, 0) is 5.88 Å². The van der Waals surface area contributed by atoms with Crippen molar-refractivity contribution in [1.29, 1.82) is 0 Å². The van der Waals surface area contributed by atoms with Gasteiger partial charge < -0.3 is 5.11 Å². The SMILES string of the molecule is O=C(O)c1cccc2cccc(CCl)c12. The van der Waals surface area contributed by atoms with Crippen LogP contribution in [0, 0.1) is 0 Å². The number of hydrogen-bond acceptors (Lipinski definition) is 1. The zero-order chi connectivity index (χ0) is 10.8. The molecule has 0 heterocycles. The van der Waals surface area contributed by atoms with E-state index < -0.39 is 5.97 Å². The fourth-order valence-corrected chi connectivity index (χ4v) is 1.93. The Morgan fingerprint density at radius 3 is 2.47 bits per heavy atom. The van der Waals surface area contributed by atoms with Crippen LogP contribution in [0.5, 0.6) is 0 Å². The molecule has 2 nitrogen and oxygen atoms in total. The minimum Gasteiger partial charge on any atom is -0.478 e. The highest BCUT2D eigenvalue weighted by molar-refractivity contribution is 6.18. The minimum atomic E-state index is -0.918. The average molecular weight is 221 g/mol. The molecule has 0 unspecified atom stereocenters. The second-order valence-corrected chi connectivity index (χ2v) is 3.53. The number of carboxylic acid groups (broad SMARTS) is 1. The number of carbonyl (C=O) groups is 1. The van der Waals surface area contributed by atoms with E-state index in [2.05, 4.69) is 0 Å². The molecule has 0 radical (unpaired) electrons. The van der Waals surface area contributed by atoms with Crippen LogP contribution in [-0.4, -0.2) is 11.1 Å². The van der Waals surface area contributed by atoms with Gasteiger partial charge in [-0.25, -0.2) is 4.79 Å². The third-order valence-corrected chi connectivity index (χ3v) is 2.65. The zero-order valence-electron chi connectivity index (χ0n) is 7.90. The molecule has 0 aromatic heterocycles. The van der Waals surface area contributed by atoms with Gasteiger partial charge in [-0.2, -0.15) is 0 Å². The van der Waals surface area contributed by atoms with Crippen molar-refractivity contribution in [3.63, 3.8) is 0 Å². The Labute approximate surface area is 92.1 Å². The molecule has 15 heavy (non-hydrogen) atoms. The first-order chi connectivity index (χ1) is 7.24. The molecule has 2 rings (SSSR count). The number of hydrogen-bond donors (Lipinski definition) is 1. The number of aromatic carboxylic acids is 1. The summed E-state index contributed by atoms with van der Waals surface area (Å²) in [5, 5.41) is 10.7. The molecule has 0 amide bonds. The molecular formula is C12H9ClO2. The molecule has 0 aliphatic rings. The van der Waals surface area contributed by atoms with Gasteiger partial charge in [-0.3, -0.25) is 0 Å². The summed E-state index contributed by atoms with van der Waals surface area (Å²) >= 11 is 5.79. The van der Waals surface area contributed by atoms with Crippen LogP contribution in [0.3, 0.4) is 0 Å². The Morgan fingerprint density at radius 2 is 1.87 bits per heavy atom. The second-order valence-electron chi connectivity index (χ2n) is 3.26. The van der Waals surface area contributed by atoms with E-state index in [1.165, 1.54) is 0 Å². The molecule has 0 spiro atoms. The van der Waals surface area contributed by atoms with Gasteiger partial charge in [0.2, 0.25) is 0 Å². The van der Waals surface area contributed by atoms with Gasteiger partial charge in [0.1, 0.15) is 0 Å². The molecule has 2 aromatic carbocycles. The summed E-state index contributed by atoms with van der Waals surface area (Å²) in [6.07, 6.45) is 0. The first-order valence-electron chi connectivity index (χ1n) is 4.54. The fourth-order valence-electron chi connectivity index (χ4n) is 1.71. The Hall–Kier alpha value is -1.54. The van der Waals surface area contributed by atoms with E-state index in [1.807, 2.05) is 24.3 Å². The van der Waals surface area contributed by atoms with Crippen molar-refractivity contribution in [2.45, 2.75) is 5.88 Å². The Bertz CT molecular complexity index is 515. The van der Waals surface area contributed by atoms with Crippen LogP contribution in [0.2, 0.25) is 0 Å². The summed E-state index contributed by atoms with van der Waals surface area (Å²) in [6.45, 7) is 0.